The molecule has 0 spiro atoms. The highest BCUT2D eigenvalue weighted by Gasteiger charge is 2.22. The van der Waals surface area contributed by atoms with Gasteiger partial charge in [-0.2, -0.15) is 0 Å². The topological polar surface area (TPSA) is 72.8 Å². The van der Waals surface area contributed by atoms with E-state index in [9.17, 15) is 19.1 Å². The SMILES string of the molecule is C=C/C=C(\C(=C)F)C(=O)c1ccc(C(=O)O)c(OC2CCOCC2)c1. The van der Waals surface area contributed by atoms with Crippen molar-refractivity contribution < 1.29 is 28.6 Å². The molecule has 1 aliphatic rings. The van der Waals surface area contributed by atoms with Gasteiger partial charge in [0, 0.05) is 18.4 Å². The van der Waals surface area contributed by atoms with Gasteiger partial charge >= 0.3 is 5.97 Å². The molecule has 1 N–H and O–H groups in total. The second kappa shape index (κ2) is 8.39. The maximum absolute atomic E-state index is 13.5. The van der Waals surface area contributed by atoms with Crippen LogP contribution < -0.4 is 4.74 Å². The molecule has 0 atom stereocenters. The lowest BCUT2D eigenvalue weighted by Gasteiger charge is -2.24. The van der Waals surface area contributed by atoms with Crippen molar-refractivity contribution in [3.05, 3.63) is 66.0 Å². The Kier molecular flexibility index (Phi) is 6.25. The van der Waals surface area contributed by atoms with Crippen LogP contribution in [0.2, 0.25) is 0 Å². The van der Waals surface area contributed by atoms with Crippen molar-refractivity contribution in [1.82, 2.24) is 0 Å². The summed E-state index contributed by atoms with van der Waals surface area (Å²) in [4.78, 5) is 23.9. The maximum atomic E-state index is 13.5. The van der Waals surface area contributed by atoms with Crippen LogP contribution in [0, 0.1) is 0 Å². The lowest BCUT2D eigenvalue weighted by Crippen LogP contribution is -2.26. The minimum absolute atomic E-state index is 0.0589. The van der Waals surface area contributed by atoms with E-state index in [1.54, 1.807) is 0 Å². The summed E-state index contributed by atoms with van der Waals surface area (Å²) in [5.74, 6) is -2.61. The standard InChI is InChI=1S/C19H19FO5/c1-3-4-15(12(2)20)18(21)13-5-6-16(19(22)23)17(11-13)25-14-7-9-24-10-8-14/h3-6,11,14H,1-2,7-10H2,(H,22,23)/b15-4+. The van der Waals surface area contributed by atoms with Crippen LogP contribution in [0.15, 0.2) is 54.9 Å². The van der Waals surface area contributed by atoms with E-state index < -0.39 is 17.6 Å². The zero-order valence-corrected chi connectivity index (χ0v) is 13.7. The Hall–Kier alpha value is -2.73. The molecule has 0 aliphatic carbocycles. The molecule has 132 valence electrons. The van der Waals surface area contributed by atoms with Gasteiger partial charge in [-0.25, -0.2) is 9.18 Å². The number of carboxylic acids is 1. The minimum Gasteiger partial charge on any atom is -0.489 e. The largest absolute Gasteiger partial charge is 0.489 e. The highest BCUT2D eigenvalue weighted by Crippen LogP contribution is 2.27. The fourth-order valence-electron chi connectivity index (χ4n) is 2.47. The van der Waals surface area contributed by atoms with Gasteiger partial charge in [0.05, 0.1) is 18.8 Å². The van der Waals surface area contributed by atoms with Crippen molar-refractivity contribution in [2.45, 2.75) is 18.9 Å². The summed E-state index contributed by atoms with van der Waals surface area (Å²) in [6.07, 6.45) is 3.55. The summed E-state index contributed by atoms with van der Waals surface area (Å²) < 4.78 is 24.5. The Bertz CT molecular complexity index is 729. The van der Waals surface area contributed by atoms with E-state index in [0.29, 0.717) is 26.1 Å². The third kappa shape index (κ3) is 4.64. The van der Waals surface area contributed by atoms with Crippen molar-refractivity contribution in [2.75, 3.05) is 13.2 Å². The number of carbonyl (C=O) groups is 2. The number of carbonyl (C=O) groups excluding carboxylic acids is 1. The van der Waals surface area contributed by atoms with E-state index in [0.717, 1.165) is 0 Å². The molecule has 0 radical (unpaired) electrons. The second-order valence-electron chi connectivity index (χ2n) is 5.50. The molecular weight excluding hydrogens is 327 g/mol. The molecule has 1 fully saturated rings. The molecule has 5 nitrogen and oxygen atoms in total. The van der Waals surface area contributed by atoms with Gasteiger partial charge in [-0.3, -0.25) is 4.79 Å². The Balaban J connectivity index is 2.37. The summed E-state index contributed by atoms with van der Waals surface area (Å²) in [5.41, 5.74) is -0.189. The van der Waals surface area contributed by atoms with Crippen molar-refractivity contribution in [3.8, 4) is 5.75 Å². The number of halogens is 1. The van der Waals surface area contributed by atoms with E-state index >= 15 is 0 Å². The number of aromatic carboxylic acids is 1. The zero-order chi connectivity index (χ0) is 18.4. The molecule has 0 unspecified atom stereocenters. The average Bonchev–Trinajstić information content (AvgIpc) is 2.59. The smallest absolute Gasteiger partial charge is 0.339 e. The first-order valence-electron chi connectivity index (χ1n) is 7.78. The highest BCUT2D eigenvalue weighted by atomic mass is 19.1. The van der Waals surface area contributed by atoms with Crippen LogP contribution in [0.1, 0.15) is 33.6 Å². The van der Waals surface area contributed by atoms with Gasteiger partial charge in [0.2, 0.25) is 0 Å². The number of ether oxygens (including phenoxy) is 2. The molecule has 1 aromatic rings. The van der Waals surface area contributed by atoms with Crippen LogP contribution in [0.5, 0.6) is 5.75 Å². The van der Waals surface area contributed by atoms with Crippen molar-refractivity contribution in [1.29, 1.82) is 0 Å². The molecule has 0 aromatic heterocycles. The quantitative estimate of drug-likeness (QED) is 0.463. The molecule has 1 heterocycles. The fraction of sp³-hybridized carbons (Fsp3) is 0.263. The van der Waals surface area contributed by atoms with Crippen molar-refractivity contribution in [3.63, 3.8) is 0 Å². The zero-order valence-electron chi connectivity index (χ0n) is 13.7. The lowest BCUT2D eigenvalue weighted by atomic mass is 10.00. The summed E-state index contributed by atoms with van der Waals surface area (Å²) in [5, 5.41) is 9.32. The van der Waals surface area contributed by atoms with Crippen molar-refractivity contribution in [2.24, 2.45) is 0 Å². The third-order valence-electron chi connectivity index (χ3n) is 3.76. The molecule has 1 saturated heterocycles. The summed E-state index contributed by atoms with van der Waals surface area (Å²) in [7, 11) is 0. The Morgan fingerprint density at radius 3 is 2.56 bits per heavy atom. The molecule has 1 aliphatic heterocycles. The van der Waals surface area contributed by atoms with Crippen LogP contribution in [0.3, 0.4) is 0 Å². The molecule has 2 rings (SSSR count). The van der Waals surface area contributed by atoms with Crippen LogP contribution in [-0.2, 0) is 4.74 Å². The van der Waals surface area contributed by atoms with Gasteiger partial charge in [0.25, 0.3) is 0 Å². The van der Waals surface area contributed by atoms with Crippen LogP contribution >= 0.6 is 0 Å². The summed E-state index contributed by atoms with van der Waals surface area (Å²) >= 11 is 0. The molecule has 1 aromatic carbocycles. The highest BCUT2D eigenvalue weighted by molar-refractivity contribution is 6.12. The van der Waals surface area contributed by atoms with Crippen LogP contribution in [0.4, 0.5) is 4.39 Å². The van der Waals surface area contributed by atoms with Gasteiger partial charge in [-0.15, -0.1) is 0 Å². The molecular formula is C19H19FO5. The van der Waals surface area contributed by atoms with Gasteiger partial charge in [0.15, 0.2) is 5.78 Å². The maximum Gasteiger partial charge on any atom is 0.339 e. The first-order chi connectivity index (χ1) is 11.9. The van der Waals surface area contributed by atoms with Gasteiger partial charge in [0.1, 0.15) is 23.2 Å². The van der Waals surface area contributed by atoms with E-state index in [-0.39, 0.29) is 28.6 Å². The number of carboxylic acid groups (broad SMARTS) is 1. The van der Waals surface area contributed by atoms with Gasteiger partial charge in [-0.05, 0) is 24.3 Å². The van der Waals surface area contributed by atoms with E-state index in [4.69, 9.17) is 9.47 Å². The van der Waals surface area contributed by atoms with Crippen molar-refractivity contribution >= 4 is 11.8 Å². The van der Waals surface area contributed by atoms with Gasteiger partial charge < -0.3 is 14.6 Å². The van der Waals surface area contributed by atoms with E-state index in [2.05, 4.69) is 13.2 Å². The number of hydrogen-bond donors (Lipinski definition) is 1. The predicted molar refractivity (Wildman–Crippen MR) is 90.7 cm³/mol. The molecule has 0 bridgehead atoms. The number of rotatable bonds is 7. The molecule has 6 heteroatoms. The molecule has 0 amide bonds. The molecule has 0 saturated carbocycles. The minimum atomic E-state index is -1.17. The lowest BCUT2D eigenvalue weighted by molar-refractivity contribution is 0.0248. The van der Waals surface area contributed by atoms with Gasteiger partial charge in [-0.1, -0.05) is 19.2 Å². The monoisotopic (exact) mass is 346 g/mol. The Morgan fingerprint density at radius 2 is 2.00 bits per heavy atom. The average molecular weight is 346 g/mol. The van der Waals surface area contributed by atoms with Crippen LogP contribution in [0.25, 0.3) is 0 Å². The Morgan fingerprint density at radius 1 is 1.32 bits per heavy atom. The number of ketones is 1. The first-order valence-corrected chi connectivity index (χ1v) is 7.78. The molecule has 25 heavy (non-hydrogen) atoms. The third-order valence-corrected chi connectivity index (χ3v) is 3.76. The second-order valence-corrected chi connectivity index (χ2v) is 5.50. The number of benzene rings is 1. The summed E-state index contributed by atoms with van der Waals surface area (Å²) in [6.45, 7) is 7.63. The van der Waals surface area contributed by atoms with E-state index in [1.165, 1.54) is 30.4 Å². The first kappa shape index (κ1) is 18.6. The number of Topliss-reactive ketones (excluding diaryl/α,β-unsaturated/α-hetero) is 1. The summed E-state index contributed by atoms with van der Waals surface area (Å²) in [6, 6.07) is 3.92. The van der Waals surface area contributed by atoms with Crippen LogP contribution in [-0.4, -0.2) is 36.2 Å². The predicted octanol–water partition coefficient (Wildman–Crippen LogP) is 3.72. The number of hydrogen-bond acceptors (Lipinski definition) is 4. The normalized spacial score (nSPS) is 15.5. The fourth-order valence-corrected chi connectivity index (χ4v) is 2.47. The number of allylic oxidation sites excluding steroid dienone is 4. The van der Waals surface area contributed by atoms with E-state index in [1.807, 2.05) is 0 Å². The Labute approximate surface area is 145 Å².